The standard InChI is InChI=1S/C24H34Cl2N2O2/c25-15-23(29)19-27(17-21-9-3-1-4-10-21)13-7-8-14-28(20-24(30)16-26)18-22-11-5-2-6-12-22/h1-6,9-12,23-24,29-30H,7-8,13-20H2/t23-,24-/m1/s1. The smallest absolute Gasteiger partial charge is 0.0802 e. The molecular formula is C24H34Cl2N2O2. The van der Waals surface area contributed by atoms with E-state index in [0.29, 0.717) is 13.1 Å². The summed E-state index contributed by atoms with van der Waals surface area (Å²) in [4.78, 5) is 4.52. The molecule has 166 valence electrons. The van der Waals surface area contributed by atoms with Crippen molar-refractivity contribution in [3.8, 4) is 0 Å². The van der Waals surface area contributed by atoms with Crippen LogP contribution in [0.5, 0.6) is 0 Å². The number of halogens is 2. The van der Waals surface area contributed by atoms with Crippen LogP contribution in [0.1, 0.15) is 24.0 Å². The molecular weight excluding hydrogens is 419 g/mol. The summed E-state index contributed by atoms with van der Waals surface area (Å²) in [6.07, 6.45) is 0.960. The summed E-state index contributed by atoms with van der Waals surface area (Å²) in [5.41, 5.74) is 2.46. The fraction of sp³-hybridized carbons (Fsp3) is 0.500. The van der Waals surface area contributed by atoms with Crippen LogP contribution < -0.4 is 0 Å². The fourth-order valence-electron chi connectivity index (χ4n) is 3.52. The molecule has 2 aromatic carbocycles. The Morgan fingerprint density at radius 2 is 1.00 bits per heavy atom. The van der Waals surface area contributed by atoms with Gasteiger partial charge in [0, 0.05) is 37.9 Å². The largest absolute Gasteiger partial charge is 0.391 e. The van der Waals surface area contributed by atoms with Crippen molar-refractivity contribution in [3.63, 3.8) is 0 Å². The van der Waals surface area contributed by atoms with Crippen molar-refractivity contribution in [3.05, 3.63) is 71.8 Å². The van der Waals surface area contributed by atoms with Crippen LogP contribution in [0.25, 0.3) is 0 Å². The quantitative estimate of drug-likeness (QED) is 0.317. The van der Waals surface area contributed by atoms with Gasteiger partial charge in [-0.25, -0.2) is 0 Å². The van der Waals surface area contributed by atoms with Crippen LogP contribution in [0.4, 0.5) is 0 Å². The second kappa shape index (κ2) is 14.8. The van der Waals surface area contributed by atoms with Crippen molar-refractivity contribution in [2.75, 3.05) is 37.9 Å². The van der Waals surface area contributed by atoms with Gasteiger partial charge >= 0.3 is 0 Å². The third-order valence-corrected chi connectivity index (χ3v) is 5.70. The van der Waals surface area contributed by atoms with Crippen LogP contribution in [0.15, 0.2) is 60.7 Å². The molecule has 30 heavy (non-hydrogen) atoms. The van der Waals surface area contributed by atoms with Crippen molar-refractivity contribution < 1.29 is 10.2 Å². The molecule has 0 aliphatic rings. The van der Waals surface area contributed by atoms with Gasteiger partial charge < -0.3 is 10.2 Å². The number of alkyl halides is 2. The van der Waals surface area contributed by atoms with Gasteiger partial charge in [-0.2, -0.15) is 0 Å². The Morgan fingerprint density at radius 3 is 1.33 bits per heavy atom. The Balaban J connectivity index is 1.85. The molecule has 0 amide bonds. The molecule has 6 heteroatoms. The number of aliphatic hydroxyl groups is 2. The van der Waals surface area contributed by atoms with Gasteiger partial charge in [-0.1, -0.05) is 60.7 Å². The van der Waals surface area contributed by atoms with E-state index in [9.17, 15) is 10.2 Å². The molecule has 2 atom stereocenters. The summed E-state index contributed by atoms with van der Waals surface area (Å²) in [6.45, 7) is 4.51. The summed E-state index contributed by atoms with van der Waals surface area (Å²) in [7, 11) is 0. The van der Waals surface area contributed by atoms with Gasteiger partial charge in [0.2, 0.25) is 0 Å². The van der Waals surface area contributed by atoms with E-state index in [1.807, 2.05) is 36.4 Å². The molecule has 0 radical (unpaired) electrons. The van der Waals surface area contributed by atoms with E-state index in [1.54, 1.807) is 0 Å². The van der Waals surface area contributed by atoms with Gasteiger partial charge in [-0.3, -0.25) is 9.80 Å². The SMILES string of the molecule is O[C@H](CCl)CN(CCCCN(Cc1ccccc1)C[C@H](O)CCl)Cc1ccccc1. The zero-order chi connectivity index (χ0) is 21.6. The molecule has 0 fully saturated rings. The van der Waals surface area contributed by atoms with E-state index in [2.05, 4.69) is 34.1 Å². The minimum atomic E-state index is -0.524. The number of unbranched alkanes of at least 4 members (excludes halogenated alkanes) is 1. The Hall–Kier alpha value is -1.14. The minimum absolute atomic E-state index is 0.243. The topological polar surface area (TPSA) is 46.9 Å². The number of aliphatic hydroxyl groups excluding tert-OH is 2. The second-order valence-electron chi connectivity index (χ2n) is 7.76. The van der Waals surface area contributed by atoms with E-state index in [-0.39, 0.29) is 11.8 Å². The molecule has 2 aromatic rings. The van der Waals surface area contributed by atoms with Crippen LogP contribution in [0.2, 0.25) is 0 Å². The zero-order valence-electron chi connectivity index (χ0n) is 17.5. The van der Waals surface area contributed by atoms with Crippen LogP contribution in [0, 0.1) is 0 Å². The van der Waals surface area contributed by atoms with Crippen molar-refractivity contribution in [2.45, 2.75) is 38.1 Å². The van der Waals surface area contributed by atoms with Gasteiger partial charge in [0.1, 0.15) is 0 Å². The number of hydrogen-bond donors (Lipinski definition) is 2. The number of rotatable bonds is 15. The predicted octanol–water partition coefficient (Wildman–Crippen LogP) is 3.97. The highest BCUT2D eigenvalue weighted by molar-refractivity contribution is 6.18. The Labute approximate surface area is 191 Å². The molecule has 0 unspecified atom stereocenters. The molecule has 0 aliphatic carbocycles. The molecule has 4 nitrogen and oxygen atoms in total. The molecule has 0 saturated heterocycles. The first-order valence-electron chi connectivity index (χ1n) is 10.6. The fourth-order valence-corrected chi connectivity index (χ4v) is 3.71. The van der Waals surface area contributed by atoms with E-state index >= 15 is 0 Å². The monoisotopic (exact) mass is 452 g/mol. The molecule has 0 saturated carbocycles. The lowest BCUT2D eigenvalue weighted by Gasteiger charge is -2.27. The maximum atomic E-state index is 10.0. The third kappa shape index (κ3) is 10.3. The summed E-state index contributed by atoms with van der Waals surface area (Å²) in [6, 6.07) is 20.6. The normalized spacial score (nSPS) is 13.7. The molecule has 0 aliphatic heterocycles. The van der Waals surface area contributed by atoms with Crippen LogP contribution >= 0.6 is 23.2 Å². The Bertz CT molecular complexity index is 616. The maximum absolute atomic E-state index is 10.0. The van der Waals surface area contributed by atoms with E-state index < -0.39 is 12.2 Å². The van der Waals surface area contributed by atoms with Crippen LogP contribution in [0.3, 0.4) is 0 Å². The summed E-state index contributed by atoms with van der Waals surface area (Å²) in [5.74, 6) is 0.485. The first-order valence-corrected chi connectivity index (χ1v) is 11.7. The van der Waals surface area contributed by atoms with Gasteiger partial charge in [-0.15, -0.1) is 23.2 Å². The molecule has 0 heterocycles. The van der Waals surface area contributed by atoms with Gasteiger partial charge in [-0.05, 0) is 37.1 Å². The van der Waals surface area contributed by atoms with Crippen LogP contribution in [-0.4, -0.2) is 70.2 Å². The number of benzene rings is 2. The van der Waals surface area contributed by atoms with Crippen molar-refractivity contribution in [2.24, 2.45) is 0 Å². The lowest BCUT2D eigenvalue weighted by molar-refractivity contribution is 0.114. The first-order chi connectivity index (χ1) is 14.6. The lowest BCUT2D eigenvalue weighted by Crippen LogP contribution is -2.35. The first kappa shape index (κ1) is 25.1. The third-order valence-electron chi connectivity index (χ3n) is 4.99. The Morgan fingerprint density at radius 1 is 0.633 bits per heavy atom. The van der Waals surface area contributed by atoms with E-state index in [4.69, 9.17) is 23.2 Å². The molecule has 0 spiro atoms. The molecule has 2 rings (SSSR count). The minimum Gasteiger partial charge on any atom is -0.391 e. The molecule has 2 N–H and O–H groups in total. The van der Waals surface area contributed by atoms with Crippen LogP contribution in [-0.2, 0) is 13.1 Å². The van der Waals surface area contributed by atoms with Crippen molar-refractivity contribution >= 4 is 23.2 Å². The lowest BCUT2D eigenvalue weighted by atomic mass is 10.1. The second-order valence-corrected chi connectivity index (χ2v) is 8.38. The number of hydrogen-bond acceptors (Lipinski definition) is 4. The number of nitrogens with zero attached hydrogens (tertiary/aromatic N) is 2. The maximum Gasteiger partial charge on any atom is 0.0802 e. The van der Waals surface area contributed by atoms with Gasteiger partial charge in [0.25, 0.3) is 0 Å². The summed E-state index contributed by atoms with van der Waals surface area (Å²) < 4.78 is 0. The molecule has 0 aromatic heterocycles. The average Bonchev–Trinajstić information content (AvgIpc) is 2.77. The Kier molecular flexibility index (Phi) is 12.4. The highest BCUT2D eigenvalue weighted by Gasteiger charge is 2.14. The summed E-state index contributed by atoms with van der Waals surface area (Å²) in [5, 5.41) is 20.0. The highest BCUT2D eigenvalue weighted by atomic mass is 35.5. The van der Waals surface area contributed by atoms with Gasteiger partial charge in [0.15, 0.2) is 0 Å². The van der Waals surface area contributed by atoms with Gasteiger partial charge in [0.05, 0.1) is 12.2 Å². The van der Waals surface area contributed by atoms with Crippen molar-refractivity contribution in [1.29, 1.82) is 0 Å². The van der Waals surface area contributed by atoms with E-state index in [0.717, 1.165) is 39.0 Å². The highest BCUT2D eigenvalue weighted by Crippen LogP contribution is 2.10. The summed E-state index contributed by atoms with van der Waals surface area (Å²) >= 11 is 11.6. The predicted molar refractivity (Wildman–Crippen MR) is 126 cm³/mol. The zero-order valence-corrected chi connectivity index (χ0v) is 19.1. The molecule has 0 bridgehead atoms. The van der Waals surface area contributed by atoms with E-state index in [1.165, 1.54) is 11.1 Å². The van der Waals surface area contributed by atoms with Crippen molar-refractivity contribution in [1.82, 2.24) is 9.80 Å². The average molecular weight is 453 g/mol.